The Hall–Kier alpha value is -1.89. The quantitative estimate of drug-likeness (QED) is 0.440. The first kappa shape index (κ1) is 13.2. The van der Waals surface area contributed by atoms with Gasteiger partial charge in [-0.2, -0.15) is 0 Å². The second-order valence-electron chi connectivity index (χ2n) is 3.43. The highest BCUT2D eigenvalue weighted by molar-refractivity contribution is 7.80. The number of anilines is 1. The molecule has 1 aromatic rings. The number of aryl methyl sites for hydroxylation is 1. The number of hydrogen-bond acceptors (Lipinski definition) is 4. The van der Waals surface area contributed by atoms with E-state index in [0.717, 1.165) is 5.69 Å². The Morgan fingerprint density at radius 2 is 2.12 bits per heavy atom. The minimum absolute atomic E-state index is 0.280. The Bertz CT molecular complexity index is 435. The molecule has 0 aliphatic rings. The molecule has 0 unspecified atom stereocenters. The maximum atomic E-state index is 10.5. The van der Waals surface area contributed by atoms with E-state index in [2.05, 4.69) is 15.6 Å². The zero-order valence-corrected chi connectivity index (χ0v) is 10.3. The van der Waals surface area contributed by atoms with Crippen LogP contribution in [0.1, 0.15) is 11.3 Å². The number of carbonyl (C=O) groups is 1. The first-order chi connectivity index (χ1) is 8.00. The van der Waals surface area contributed by atoms with E-state index in [1.807, 2.05) is 19.1 Å². The molecule has 6 N–H and O–H groups in total. The van der Waals surface area contributed by atoms with E-state index in [9.17, 15) is 4.79 Å². The van der Waals surface area contributed by atoms with Crippen LogP contribution in [0, 0.1) is 6.92 Å². The molecule has 6 nitrogen and oxygen atoms in total. The van der Waals surface area contributed by atoms with Crippen molar-refractivity contribution in [2.45, 2.75) is 6.92 Å². The van der Waals surface area contributed by atoms with Gasteiger partial charge >= 0.3 is 6.03 Å². The van der Waals surface area contributed by atoms with Crippen LogP contribution in [0.2, 0.25) is 0 Å². The van der Waals surface area contributed by atoms with Crippen LogP contribution < -0.4 is 22.1 Å². The number of urea groups is 1. The number of primary amides is 1. The molecule has 2 amide bonds. The Balaban J connectivity index is 2.65. The SMILES string of the molecule is Cc1ccc(C(N)=S)c(NCCNC(N)=O)n1. The van der Waals surface area contributed by atoms with Crippen LogP contribution in [-0.2, 0) is 0 Å². The van der Waals surface area contributed by atoms with Crippen molar-refractivity contribution in [2.75, 3.05) is 18.4 Å². The summed E-state index contributed by atoms with van der Waals surface area (Å²) in [6.45, 7) is 2.77. The van der Waals surface area contributed by atoms with Gasteiger partial charge in [0.15, 0.2) is 0 Å². The number of hydrogen-bond donors (Lipinski definition) is 4. The van der Waals surface area contributed by atoms with E-state index in [-0.39, 0.29) is 4.99 Å². The number of nitrogens with one attached hydrogen (secondary N) is 2. The number of carbonyl (C=O) groups excluding carboxylic acids is 1. The van der Waals surface area contributed by atoms with Crippen LogP contribution in [0.15, 0.2) is 12.1 Å². The predicted molar refractivity (Wildman–Crippen MR) is 70.9 cm³/mol. The highest BCUT2D eigenvalue weighted by Gasteiger charge is 2.06. The molecular weight excluding hydrogens is 238 g/mol. The summed E-state index contributed by atoms with van der Waals surface area (Å²) in [4.78, 5) is 15.0. The molecule has 0 aromatic carbocycles. The lowest BCUT2D eigenvalue weighted by molar-refractivity contribution is 0.249. The summed E-state index contributed by atoms with van der Waals surface area (Å²) in [5.41, 5.74) is 12.1. The Morgan fingerprint density at radius 1 is 1.41 bits per heavy atom. The average Bonchev–Trinajstić information content (AvgIpc) is 2.23. The van der Waals surface area contributed by atoms with Crippen LogP contribution in [0.5, 0.6) is 0 Å². The maximum Gasteiger partial charge on any atom is 0.312 e. The van der Waals surface area contributed by atoms with Crippen LogP contribution >= 0.6 is 12.2 Å². The molecule has 0 atom stereocenters. The van der Waals surface area contributed by atoms with Crippen molar-refractivity contribution >= 4 is 29.1 Å². The van der Waals surface area contributed by atoms with Gasteiger partial charge in [0.25, 0.3) is 0 Å². The normalized spacial score (nSPS) is 9.71. The lowest BCUT2D eigenvalue weighted by atomic mass is 10.2. The summed E-state index contributed by atoms with van der Waals surface area (Å²) in [7, 11) is 0. The molecule has 0 saturated heterocycles. The number of nitrogens with two attached hydrogens (primary N) is 2. The number of thiocarbonyl (C=S) groups is 1. The van der Waals surface area contributed by atoms with Gasteiger partial charge in [0, 0.05) is 18.8 Å². The Kier molecular flexibility index (Phi) is 4.65. The summed E-state index contributed by atoms with van der Waals surface area (Å²) < 4.78 is 0. The second kappa shape index (κ2) is 6.00. The van der Waals surface area contributed by atoms with Gasteiger partial charge in [-0.25, -0.2) is 9.78 Å². The van der Waals surface area contributed by atoms with Crippen molar-refractivity contribution in [1.82, 2.24) is 10.3 Å². The highest BCUT2D eigenvalue weighted by atomic mass is 32.1. The topological polar surface area (TPSA) is 106 Å². The first-order valence-electron chi connectivity index (χ1n) is 5.05. The van der Waals surface area contributed by atoms with Crippen LogP contribution in [-0.4, -0.2) is 29.1 Å². The molecule has 0 aliphatic carbocycles. The molecule has 7 heteroatoms. The largest absolute Gasteiger partial charge is 0.389 e. The van der Waals surface area contributed by atoms with Crippen molar-refractivity contribution in [3.63, 3.8) is 0 Å². The van der Waals surface area contributed by atoms with Gasteiger partial charge in [-0.15, -0.1) is 0 Å². The van der Waals surface area contributed by atoms with Gasteiger partial charge in [-0.1, -0.05) is 12.2 Å². The zero-order chi connectivity index (χ0) is 12.8. The van der Waals surface area contributed by atoms with Gasteiger partial charge in [0.1, 0.15) is 10.8 Å². The van der Waals surface area contributed by atoms with E-state index in [0.29, 0.717) is 24.5 Å². The summed E-state index contributed by atoms with van der Waals surface area (Å²) in [5, 5.41) is 5.51. The van der Waals surface area contributed by atoms with Gasteiger partial charge in [0.05, 0.1) is 5.56 Å². The van der Waals surface area contributed by atoms with Crippen LogP contribution in [0.4, 0.5) is 10.6 Å². The summed E-state index contributed by atoms with van der Waals surface area (Å²) >= 11 is 4.92. The molecular formula is C10H15N5OS. The summed E-state index contributed by atoms with van der Waals surface area (Å²) in [5.74, 6) is 0.615. The molecule has 0 bridgehead atoms. The van der Waals surface area contributed by atoms with Crippen molar-refractivity contribution in [2.24, 2.45) is 11.5 Å². The van der Waals surface area contributed by atoms with Gasteiger partial charge in [-0.3, -0.25) is 0 Å². The third-order valence-electron chi connectivity index (χ3n) is 2.02. The fraction of sp³-hybridized carbons (Fsp3) is 0.300. The van der Waals surface area contributed by atoms with E-state index in [1.54, 1.807) is 0 Å². The van der Waals surface area contributed by atoms with Crippen molar-refractivity contribution in [3.05, 3.63) is 23.4 Å². The summed E-state index contributed by atoms with van der Waals surface area (Å²) in [6, 6.07) is 3.09. The third kappa shape index (κ3) is 4.23. The fourth-order valence-corrected chi connectivity index (χ4v) is 1.42. The number of rotatable bonds is 5. The van der Waals surface area contributed by atoms with Crippen molar-refractivity contribution in [1.29, 1.82) is 0 Å². The Labute approximate surface area is 105 Å². The molecule has 1 rings (SSSR count). The van der Waals surface area contributed by atoms with Gasteiger partial charge < -0.3 is 22.1 Å². The van der Waals surface area contributed by atoms with E-state index < -0.39 is 6.03 Å². The minimum atomic E-state index is -0.557. The lowest BCUT2D eigenvalue weighted by Gasteiger charge is -2.10. The van der Waals surface area contributed by atoms with Crippen molar-refractivity contribution < 1.29 is 4.79 Å². The van der Waals surface area contributed by atoms with Crippen LogP contribution in [0.3, 0.4) is 0 Å². The number of aromatic nitrogens is 1. The fourth-order valence-electron chi connectivity index (χ4n) is 1.26. The van der Waals surface area contributed by atoms with Gasteiger partial charge in [0.2, 0.25) is 0 Å². The lowest BCUT2D eigenvalue weighted by Crippen LogP contribution is -2.33. The monoisotopic (exact) mass is 253 g/mol. The molecule has 92 valence electrons. The van der Waals surface area contributed by atoms with E-state index in [1.165, 1.54) is 0 Å². The van der Waals surface area contributed by atoms with E-state index >= 15 is 0 Å². The smallest absolute Gasteiger partial charge is 0.312 e. The van der Waals surface area contributed by atoms with Crippen LogP contribution in [0.25, 0.3) is 0 Å². The highest BCUT2D eigenvalue weighted by Crippen LogP contribution is 2.12. The molecule has 17 heavy (non-hydrogen) atoms. The van der Waals surface area contributed by atoms with Crippen molar-refractivity contribution in [3.8, 4) is 0 Å². The number of nitrogens with zero attached hydrogens (tertiary/aromatic N) is 1. The van der Waals surface area contributed by atoms with Gasteiger partial charge in [-0.05, 0) is 19.1 Å². The number of pyridine rings is 1. The minimum Gasteiger partial charge on any atom is -0.389 e. The molecule has 1 aromatic heterocycles. The molecule has 0 fully saturated rings. The third-order valence-corrected chi connectivity index (χ3v) is 2.24. The second-order valence-corrected chi connectivity index (χ2v) is 3.87. The first-order valence-corrected chi connectivity index (χ1v) is 5.46. The molecule has 0 radical (unpaired) electrons. The molecule has 0 saturated carbocycles. The standard InChI is InChI=1S/C10H15N5OS/c1-6-2-3-7(8(11)17)9(15-6)13-4-5-14-10(12)16/h2-3H,4-5H2,1H3,(H2,11,17)(H,13,15)(H3,12,14,16). The van der Waals surface area contributed by atoms with E-state index in [4.69, 9.17) is 23.7 Å². The molecule has 0 aliphatic heterocycles. The Morgan fingerprint density at radius 3 is 2.71 bits per heavy atom. The molecule has 0 spiro atoms. The predicted octanol–water partition coefficient (Wildman–Crippen LogP) is 0.104. The zero-order valence-electron chi connectivity index (χ0n) is 9.49. The average molecular weight is 253 g/mol. The summed E-state index contributed by atoms with van der Waals surface area (Å²) in [6.07, 6.45) is 0. The number of amides is 2. The molecule has 1 heterocycles. The maximum absolute atomic E-state index is 10.5.